The summed E-state index contributed by atoms with van der Waals surface area (Å²) >= 11 is 0. The molecule has 0 saturated heterocycles. The Morgan fingerprint density at radius 2 is 1.90 bits per heavy atom. The van der Waals surface area contributed by atoms with Gasteiger partial charge < -0.3 is 9.72 Å². The molecular formula is C18H27NO2. The van der Waals surface area contributed by atoms with Gasteiger partial charge in [-0.3, -0.25) is 0 Å². The van der Waals surface area contributed by atoms with Crippen LogP contribution in [0, 0.1) is 11.8 Å². The van der Waals surface area contributed by atoms with Crippen molar-refractivity contribution < 1.29 is 9.53 Å². The van der Waals surface area contributed by atoms with Gasteiger partial charge in [-0.15, -0.1) is 0 Å². The van der Waals surface area contributed by atoms with Crippen molar-refractivity contribution in [1.82, 2.24) is 4.98 Å². The largest absolute Gasteiger partial charge is 0.458 e. The minimum absolute atomic E-state index is 0.292. The van der Waals surface area contributed by atoms with Gasteiger partial charge in [-0.2, -0.15) is 0 Å². The number of ether oxygens (including phenoxy) is 1. The Labute approximate surface area is 128 Å². The summed E-state index contributed by atoms with van der Waals surface area (Å²) in [6, 6.07) is 3.99. The molecule has 0 amide bonds. The van der Waals surface area contributed by atoms with Crippen molar-refractivity contribution in [3.8, 4) is 0 Å². The molecule has 3 heteroatoms. The van der Waals surface area contributed by atoms with Gasteiger partial charge in [-0.1, -0.05) is 39.8 Å². The zero-order valence-electron chi connectivity index (χ0n) is 13.6. The Hall–Kier alpha value is -1.77. The first-order valence-electron chi connectivity index (χ1n) is 7.57. The van der Waals surface area contributed by atoms with Crippen LogP contribution in [-0.4, -0.2) is 17.6 Å². The van der Waals surface area contributed by atoms with Crippen LogP contribution in [0.25, 0.3) is 5.57 Å². The molecule has 0 unspecified atom stereocenters. The van der Waals surface area contributed by atoms with E-state index in [0.717, 1.165) is 24.1 Å². The smallest absolute Gasteiger partial charge is 0.330 e. The summed E-state index contributed by atoms with van der Waals surface area (Å²) in [5.74, 6) is 0.755. The highest BCUT2D eigenvalue weighted by molar-refractivity contribution is 5.82. The van der Waals surface area contributed by atoms with E-state index in [1.165, 1.54) is 11.6 Å². The van der Waals surface area contributed by atoms with Crippen LogP contribution in [-0.2, 0) is 9.53 Å². The molecule has 1 aromatic heterocycles. The van der Waals surface area contributed by atoms with E-state index >= 15 is 0 Å². The minimum Gasteiger partial charge on any atom is -0.458 e. The second kappa shape index (κ2) is 8.50. The number of esters is 1. The fourth-order valence-electron chi connectivity index (χ4n) is 2.41. The molecule has 0 aromatic carbocycles. The Bertz CT molecular complexity index is 469. The molecule has 1 aromatic rings. The third-order valence-corrected chi connectivity index (χ3v) is 3.18. The summed E-state index contributed by atoms with van der Waals surface area (Å²) in [6.45, 7) is 12.6. The van der Waals surface area contributed by atoms with Gasteiger partial charge in [0.15, 0.2) is 0 Å². The first-order chi connectivity index (χ1) is 9.93. The number of hydrogen-bond donors (Lipinski definition) is 1. The normalized spacial score (nSPS) is 10.8. The predicted molar refractivity (Wildman–Crippen MR) is 87.8 cm³/mol. The topological polar surface area (TPSA) is 42.1 Å². The molecule has 0 aliphatic carbocycles. The number of H-pyrrole nitrogens is 1. The number of aromatic nitrogens is 1. The number of nitrogens with one attached hydrogen (secondary N) is 1. The number of carbonyl (C=O) groups excluding carboxylic acids is 1. The van der Waals surface area contributed by atoms with E-state index in [1.54, 1.807) is 0 Å². The summed E-state index contributed by atoms with van der Waals surface area (Å²) in [4.78, 5) is 14.6. The molecule has 0 aliphatic heterocycles. The van der Waals surface area contributed by atoms with E-state index in [1.807, 2.05) is 18.3 Å². The lowest BCUT2D eigenvalue weighted by molar-refractivity contribution is -0.136. The molecule has 0 saturated carbocycles. The van der Waals surface area contributed by atoms with Crippen LogP contribution in [0.2, 0.25) is 0 Å². The fourth-order valence-corrected chi connectivity index (χ4v) is 2.41. The molecule has 1 heterocycles. The van der Waals surface area contributed by atoms with Crippen molar-refractivity contribution in [2.45, 2.75) is 40.5 Å². The molecule has 3 nitrogen and oxygen atoms in total. The lowest BCUT2D eigenvalue weighted by Gasteiger charge is -2.18. The number of carbonyl (C=O) groups is 1. The minimum atomic E-state index is -0.382. The Balaban J connectivity index is 3.10. The first-order valence-corrected chi connectivity index (χ1v) is 7.57. The second-order valence-electron chi connectivity index (χ2n) is 6.17. The van der Waals surface area contributed by atoms with Crippen molar-refractivity contribution in [1.29, 1.82) is 0 Å². The second-order valence-corrected chi connectivity index (χ2v) is 6.17. The van der Waals surface area contributed by atoms with Gasteiger partial charge >= 0.3 is 5.97 Å². The molecule has 21 heavy (non-hydrogen) atoms. The summed E-state index contributed by atoms with van der Waals surface area (Å²) < 4.78 is 5.29. The van der Waals surface area contributed by atoms with Crippen LogP contribution in [0.5, 0.6) is 0 Å². The molecule has 116 valence electrons. The average Bonchev–Trinajstić information content (AvgIpc) is 2.91. The maximum absolute atomic E-state index is 11.4. The summed E-state index contributed by atoms with van der Waals surface area (Å²) in [7, 11) is 0. The Morgan fingerprint density at radius 1 is 1.29 bits per heavy atom. The van der Waals surface area contributed by atoms with Crippen LogP contribution >= 0.6 is 0 Å². The summed E-state index contributed by atoms with van der Waals surface area (Å²) in [6.07, 6.45) is 5.13. The zero-order valence-corrected chi connectivity index (χ0v) is 13.6. The zero-order chi connectivity index (χ0) is 15.8. The predicted octanol–water partition coefficient (Wildman–Crippen LogP) is 4.59. The van der Waals surface area contributed by atoms with Gasteiger partial charge in [0.05, 0.1) is 0 Å². The quantitative estimate of drug-likeness (QED) is 0.562. The number of allylic oxidation sites excluding steroid dienone is 1. The third-order valence-electron chi connectivity index (χ3n) is 3.18. The van der Waals surface area contributed by atoms with Crippen molar-refractivity contribution in [3.63, 3.8) is 0 Å². The average molecular weight is 289 g/mol. The monoisotopic (exact) mass is 289 g/mol. The number of hydrogen-bond acceptors (Lipinski definition) is 2. The summed E-state index contributed by atoms with van der Waals surface area (Å²) in [5, 5.41) is 0. The van der Waals surface area contributed by atoms with E-state index in [2.05, 4.69) is 39.3 Å². The Morgan fingerprint density at radius 3 is 2.33 bits per heavy atom. The van der Waals surface area contributed by atoms with Crippen LogP contribution in [0.3, 0.4) is 0 Å². The van der Waals surface area contributed by atoms with E-state index in [-0.39, 0.29) is 5.97 Å². The standard InChI is InChI=1S/C18H27NO2/c1-6-18(20)21-12-16(17-8-7-9-19-17)15(10-13(2)3)11-14(4)5/h6-9,13-14,19H,1,10-12H2,2-5H3. The lowest BCUT2D eigenvalue weighted by atomic mass is 9.90. The van der Waals surface area contributed by atoms with Crippen molar-refractivity contribution >= 4 is 11.5 Å². The van der Waals surface area contributed by atoms with Crippen LogP contribution in [0.1, 0.15) is 46.2 Å². The Kier molecular flexibility index (Phi) is 7.00. The molecule has 1 rings (SSSR count). The molecular weight excluding hydrogens is 262 g/mol. The van der Waals surface area contributed by atoms with Crippen molar-refractivity contribution in [2.75, 3.05) is 6.61 Å². The highest BCUT2D eigenvalue weighted by Crippen LogP contribution is 2.28. The van der Waals surface area contributed by atoms with Crippen LogP contribution in [0.4, 0.5) is 0 Å². The van der Waals surface area contributed by atoms with Gasteiger partial charge in [0.25, 0.3) is 0 Å². The molecule has 0 radical (unpaired) electrons. The maximum atomic E-state index is 11.4. The van der Waals surface area contributed by atoms with Crippen molar-refractivity contribution in [2.24, 2.45) is 11.8 Å². The van der Waals surface area contributed by atoms with Gasteiger partial charge in [0, 0.05) is 23.5 Å². The first kappa shape index (κ1) is 17.3. The SMILES string of the molecule is C=CC(=O)OCC(=C(CC(C)C)CC(C)C)c1ccc[nH]1. The highest BCUT2D eigenvalue weighted by atomic mass is 16.5. The van der Waals surface area contributed by atoms with E-state index in [0.29, 0.717) is 18.4 Å². The molecule has 0 aliphatic rings. The maximum Gasteiger partial charge on any atom is 0.330 e. The van der Waals surface area contributed by atoms with Crippen LogP contribution < -0.4 is 0 Å². The molecule has 0 fully saturated rings. The summed E-state index contributed by atoms with van der Waals surface area (Å²) in [5.41, 5.74) is 3.49. The van der Waals surface area contributed by atoms with Gasteiger partial charge in [0.2, 0.25) is 0 Å². The van der Waals surface area contributed by atoms with E-state index < -0.39 is 0 Å². The molecule has 0 bridgehead atoms. The molecule has 0 spiro atoms. The van der Waals surface area contributed by atoms with E-state index in [9.17, 15) is 4.79 Å². The van der Waals surface area contributed by atoms with Gasteiger partial charge in [-0.25, -0.2) is 4.79 Å². The lowest BCUT2D eigenvalue weighted by Crippen LogP contribution is -2.09. The molecule has 0 atom stereocenters. The fraction of sp³-hybridized carbons (Fsp3) is 0.500. The highest BCUT2D eigenvalue weighted by Gasteiger charge is 2.15. The van der Waals surface area contributed by atoms with Crippen molar-refractivity contribution in [3.05, 3.63) is 42.3 Å². The molecule has 1 N–H and O–H groups in total. The number of rotatable bonds is 8. The van der Waals surface area contributed by atoms with Gasteiger partial charge in [-0.05, 0) is 36.8 Å². The third kappa shape index (κ3) is 6.03. The van der Waals surface area contributed by atoms with Crippen LogP contribution in [0.15, 0.2) is 36.6 Å². The number of aromatic amines is 1. The van der Waals surface area contributed by atoms with Gasteiger partial charge in [0.1, 0.15) is 6.61 Å². The van der Waals surface area contributed by atoms with E-state index in [4.69, 9.17) is 4.74 Å².